The van der Waals surface area contributed by atoms with Gasteiger partial charge in [-0.1, -0.05) is 20.8 Å². The second kappa shape index (κ2) is 7.96. The first-order valence-electron chi connectivity index (χ1n) is 6.41. The Hall–Kier alpha value is -1.47. The molecule has 2 N–H and O–H groups in total. The van der Waals surface area contributed by atoms with Gasteiger partial charge < -0.3 is 15.3 Å². The Kier molecular flexibility index (Phi) is 7.38. The maximum atomic E-state index is 12.4. The van der Waals surface area contributed by atoms with Crippen molar-refractivity contribution in [3.05, 3.63) is 0 Å². The molecule has 0 unspecified atom stereocenters. The number of hydrogen-bond donors (Lipinski definition) is 2. The molecule has 0 aliphatic heterocycles. The lowest BCUT2D eigenvalue weighted by Gasteiger charge is -2.26. The molecule has 0 saturated heterocycles. The summed E-state index contributed by atoms with van der Waals surface area (Å²) < 4.78 is 37.1. The van der Waals surface area contributed by atoms with Crippen LogP contribution in [0.1, 0.15) is 33.6 Å². The minimum atomic E-state index is -4.51. The van der Waals surface area contributed by atoms with Crippen molar-refractivity contribution in [1.82, 2.24) is 10.2 Å². The van der Waals surface area contributed by atoms with E-state index in [1.54, 1.807) is 20.8 Å². The van der Waals surface area contributed by atoms with Gasteiger partial charge in [0.2, 0.25) is 0 Å². The van der Waals surface area contributed by atoms with Crippen LogP contribution in [0.15, 0.2) is 0 Å². The summed E-state index contributed by atoms with van der Waals surface area (Å²) in [7, 11) is 0. The molecule has 0 rings (SSSR count). The average Bonchev–Trinajstić information content (AvgIpc) is 2.24. The van der Waals surface area contributed by atoms with Crippen LogP contribution in [0.2, 0.25) is 0 Å². The van der Waals surface area contributed by atoms with E-state index in [0.29, 0.717) is 11.3 Å². The average molecular weight is 298 g/mol. The van der Waals surface area contributed by atoms with Crippen LogP contribution in [0, 0.1) is 5.92 Å². The SMILES string of the molecule is CCCN(CC(F)(F)F)C(=O)N[C@@H](CC(C)C)C(=O)O. The third kappa shape index (κ3) is 7.85. The molecule has 0 aliphatic carbocycles. The summed E-state index contributed by atoms with van der Waals surface area (Å²) in [4.78, 5) is 23.3. The van der Waals surface area contributed by atoms with Crippen LogP contribution < -0.4 is 5.32 Å². The van der Waals surface area contributed by atoms with E-state index in [0.717, 1.165) is 0 Å². The van der Waals surface area contributed by atoms with E-state index in [2.05, 4.69) is 5.32 Å². The Morgan fingerprint density at radius 2 is 1.85 bits per heavy atom. The van der Waals surface area contributed by atoms with Crippen molar-refractivity contribution in [2.45, 2.75) is 45.8 Å². The number of alkyl halides is 3. The molecule has 0 fully saturated rings. The number of amides is 2. The predicted octanol–water partition coefficient (Wildman–Crippen LogP) is 2.47. The molecule has 0 aromatic carbocycles. The van der Waals surface area contributed by atoms with Gasteiger partial charge in [0.15, 0.2) is 0 Å². The van der Waals surface area contributed by atoms with Crippen molar-refractivity contribution in [3.8, 4) is 0 Å². The van der Waals surface area contributed by atoms with Crippen molar-refractivity contribution in [3.63, 3.8) is 0 Å². The second-order valence-corrected chi connectivity index (χ2v) is 5.01. The Balaban J connectivity index is 4.75. The lowest BCUT2D eigenvalue weighted by Crippen LogP contribution is -2.50. The highest BCUT2D eigenvalue weighted by Crippen LogP contribution is 2.17. The minimum Gasteiger partial charge on any atom is -0.480 e. The summed E-state index contributed by atoms with van der Waals surface area (Å²) in [6, 6.07) is -2.19. The molecule has 0 spiro atoms. The molecule has 0 saturated carbocycles. The van der Waals surface area contributed by atoms with E-state index >= 15 is 0 Å². The fourth-order valence-electron chi connectivity index (χ4n) is 1.67. The van der Waals surface area contributed by atoms with Gasteiger partial charge in [-0.2, -0.15) is 13.2 Å². The van der Waals surface area contributed by atoms with E-state index in [9.17, 15) is 22.8 Å². The van der Waals surface area contributed by atoms with Gasteiger partial charge in [0.25, 0.3) is 0 Å². The lowest BCUT2D eigenvalue weighted by atomic mass is 10.0. The number of carbonyl (C=O) groups is 2. The molecular weight excluding hydrogens is 277 g/mol. The molecule has 20 heavy (non-hydrogen) atoms. The van der Waals surface area contributed by atoms with Crippen molar-refractivity contribution < 1.29 is 27.9 Å². The Labute approximate surface area is 116 Å². The van der Waals surface area contributed by atoms with Crippen LogP contribution in [0.25, 0.3) is 0 Å². The molecule has 0 bridgehead atoms. The first kappa shape index (κ1) is 18.5. The summed E-state index contributed by atoms with van der Waals surface area (Å²) in [5.41, 5.74) is 0. The third-order valence-electron chi connectivity index (χ3n) is 2.45. The minimum absolute atomic E-state index is 0.00126. The lowest BCUT2D eigenvalue weighted by molar-refractivity contribution is -0.141. The van der Waals surface area contributed by atoms with Crippen LogP contribution >= 0.6 is 0 Å². The van der Waals surface area contributed by atoms with E-state index in [1.807, 2.05) is 0 Å². The normalized spacial score (nSPS) is 13.2. The summed E-state index contributed by atoms with van der Waals surface area (Å²) in [5.74, 6) is -1.26. The summed E-state index contributed by atoms with van der Waals surface area (Å²) in [6.45, 7) is 3.70. The van der Waals surface area contributed by atoms with Gasteiger partial charge in [0, 0.05) is 6.54 Å². The molecule has 2 amide bonds. The fraction of sp³-hybridized carbons (Fsp3) is 0.833. The van der Waals surface area contributed by atoms with Crippen LogP contribution in [0.3, 0.4) is 0 Å². The molecule has 0 heterocycles. The largest absolute Gasteiger partial charge is 0.480 e. The predicted molar refractivity (Wildman–Crippen MR) is 67.3 cm³/mol. The summed E-state index contributed by atoms with van der Waals surface area (Å²) >= 11 is 0. The van der Waals surface area contributed by atoms with Crippen LogP contribution in [-0.4, -0.2) is 47.3 Å². The number of aliphatic carboxylic acids is 1. The first-order valence-corrected chi connectivity index (χ1v) is 6.41. The highest BCUT2D eigenvalue weighted by atomic mass is 19.4. The van der Waals surface area contributed by atoms with E-state index in [4.69, 9.17) is 5.11 Å². The molecule has 0 aromatic heterocycles. The number of nitrogens with zero attached hydrogens (tertiary/aromatic N) is 1. The van der Waals surface area contributed by atoms with Crippen LogP contribution in [-0.2, 0) is 4.79 Å². The molecule has 8 heteroatoms. The quantitative estimate of drug-likeness (QED) is 0.758. The van der Waals surface area contributed by atoms with Crippen molar-refractivity contribution in [1.29, 1.82) is 0 Å². The van der Waals surface area contributed by atoms with Crippen LogP contribution in [0.5, 0.6) is 0 Å². The van der Waals surface area contributed by atoms with E-state index in [-0.39, 0.29) is 18.9 Å². The monoisotopic (exact) mass is 298 g/mol. The Morgan fingerprint density at radius 1 is 1.30 bits per heavy atom. The van der Waals surface area contributed by atoms with Gasteiger partial charge in [-0.15, -0.1) is 0 Å². The first-order chi connectivity index (χ1) is 9.06. The third-order valence-corrected chi connectivity index (χ3v) is 2.45. The second-order valence-electron chi connectivity index (χ2n) is 5.01. The van der Waals surface area contributed by atoms with E-state index < -0.39 is 30.8 Å². The van der Waals surface area contributed by atoms with Gasteiger partial charge in [-0.3, -0.25) is 0 Å². The smallest absolute Gasteiger partial charge is 0.406 e. The van der Waals surface area contributed by atoms with Gasteiger partial charge in [-0.05, 0) is 18.8 Å². The van der Waals surface area contributed by atoms with Crippen LogP contribution in [0.4, 0.5) is 18.0 Å². The molecule has 0 aromatic rings. The maximum absolute atomic E-state index is 12.4. The van der Waals surface area contributed by atoms with Gasteiger partial charge in [0.05, 0.1) is 0 Å². The Morgan fingerprint density at radius 3 is 2.20 bits per heavy atom. The molecule has 118 valence electrons. The number of carbonyl (C=O) groups excluding carboxylic acids is 1. The summed E-state index contributed by atoms with van der Waals surface area (Å²) in [5, 5.41) is 11.1. The fourth-order valence-corrected chi connectivity index (χ4v) is 1.67. The van der Waals surface area contributed by atoms with E-state index in [1.165, 1.54) is 0 Å². The number of rotatable bonds is 7. The van der Waals surface area contributed by atoms with Crippen molar-refractivity contribution in [2.75, 3.05) is 13.1 Å². The molecule has 0 radical (unpaired) electrons. The number of carboxylic acids is 1. The standard InChI is InChI=1S/C12H21F3N2O3/c1-4-5-17(7-12(13,14)15)11(20)16-9(10(18)19)6-8(2)3/h8-9H,4-7H2,1-3H3,(H,16,20)(H,18,19)/t9-/m0/s1. The number of hydrogen-bond acceptors (Lipinski definition) is 2. The zero-order chi connectivity index (χ0) is 15.9. The molecule has 5 nitrogen and oxygen atoms in total. The highest BCUT2D eigenvalue weighted by Gasteiger charge is 2.34. The molecule has 0 aliphatic rings. The van der Waals surface area contributed by atoms with Gasteiger partial charge >= 0.3 is 18.2 Å². The van der Waals surface area contributed by atoms with Gasteiger partial charge in [-0.25, -0.2) is 9.59 Å². The van der Waals surface area contributed by atoms with Crippen molar-refractivity contribution >= 4 is 12.0 Å². The summed E-state index contributed by atoms with van der Waals surface area (Å²) in [6.07, 6.45) is -4.00. The molecular formula is C12H21F3N2O3. The number of carboxylic acid groups (broad SMARTS) is 1. The maximum Gasteiger partial charge on any atom is 0.406 e. The molecule has 1 atom stereocenters. The highest BCUT2D eigenvalue weighted by molar-refractivity contribution is 5.82. The zero-order valence-corrected chi connectivity index (χ0v) is 11.8. The number of nitrogens with one attached hydrogen (secondary N) is 1. The zero-order valence-electron chi connectivity index (χ0n) is 11.8. The number of urea groups is 1. The van der Waals surface area contributed by atoms with Crippen molar-refractivity contribution in [2.24, 2.45) is 5.92 Å². The topological polar surface area (TPSA) is 69.6 Å². The van der Waals surface area contributed by atoms with Gasteiger partial charge in [0.1, 0.15) is 12.6 Å². The Bertz CT molecular complexity index is 332. The number of halogens is 3.